The molecule has 1 N–H and O–H groups in total. The summed E-state index contributed by atoms with van der Waals surface area (Å²) in [7, 11) is 0. The number of imidazole rings is 1. The fourth-order valence-electron chi connectivity index (χ4n) is 5.23. The topological polar surface area (TPSA) is 68.6 Å². The van der Waals surface area contributed by atoms with Gasteiger partial charge in [-0.15, -0.1) is 0 Å². The number of nitrogens with one attached hydrogen (secondary N) is 1. The molecule has 0 radical (unpaired) electrons. The van der Waals surface area contributed by atoms with Crippen molar-refractivity contribution in [2.24, 2.45) is 0 Å². The molecule has 0 saturated carbocycles. The van der Waals surface area contributed by atoms with Crippen molar-refractivity contribution in [1.82, 2.24) is 19.8 Å². The van der Waals surface area contributed by atoms with E-state index < -0.39 is 0 Å². The fraction of sp³-hybridized carbons (Fsp3) is 0.481. The molecule has 3 heterocycles. The van der Waals surface area contributed by atoms with Gasteiger partial charge in [-0.25, -0.2) is 4.98 Å². The molecule has 5 rings (SSSR count). The van der Waals surface area contributed by atoms with E-state index in [4.69, 9.17) is 26.1 Å². The smallest absolute Gasteiger partial charge is 0.240 e. The lowest BCUT2D eigenvalue weighted by atomic mass is 10.2. The largest absolute Gasteiger partial charge is 0.493 e. The van der Waals surface area contributed by atoms with E-state index in [-0.39, 0.29) is 18.5 Å². The first-order valence-corrected chi connectivity index (χ1v) is 12.9. The number of ether oxygens (including phenoxy) is 2. The van der Waals surface area contributed by atoms with Gasteiger partial charge in [-0.1, -0.05) is 23.7 Å². The Balaban J connectivity index is 1.31. The Labute approximate surface area is 211 Å². The zero-order valence-corrected chi connectivity index (χ0v) is 21.1. The summed E-state index contributed by atoms with van der Waals surface area (Å²) in [6.45, 7) is 7.51. The minimum Gasteiger partial charge on any atom is -0.493 e. The SMILES string of the molecule is CC(C)NC(=O)Cn1c(-c2cccc(Cl)c2)nc2cc(OCCCN3[C@@H]4CC[C@H]3COC4)ccc21. The molecule has 8 heteroatoms. The highest BCUT2D eigenvalue weighted by Crippen LogP contribution is 2.30. The van der Waals surface area contributed by atoms with E-state index in [0.29, 0.717) is 29.5 Å². The zero-order chi connectivity index (χ0) is 24.4. The highest BCUT2D eigenvalue weighted by molar-refractivity contribution is 6.30. The number of benzene rings is 2. The lowest BCUT2D eigenvalue weighted by molar-refractivity contribution is -0.122. The van der Waals surface area contributed by atoms with E-state index in [1.54, 1.807) is 0 Å². The van der Waals surface area contributed by atoms with Gasteiger partial charge in [0.25, 0.3) is 0 Å². The van der Waals surface area contributed by atoms with E-state index in [1.807, 2.05) is 60.9 Å². The molecule has 2 fully saturated rings. The Morgan fingerprint density at radius 3 is 2.74 bits per heavy atom. The first-order valence-electron chi connectivity index (χ1n) is 12.5. The molecule has 2 saturated heterocycles. The first-order chi connectivity index (χ1) is 17.0. The maximum atomic E-state index is 12.6. The maximum Gasteiger partial charge on any atom is 0.240 e. The lowest BCUT2D eigenvalue weighted by Gasteiger charge is -2.34. The third-order valence-corrected chi connectivity index (χ3v) is 7.01. The third kappa shape index (κ3) is 5.47. The van der Waals surface area contributed by atoms with E-state index in [2.05, 4.69) is 10.2 Å². The molecule has 186 valence electrons. The van der Waals surface area contributed by atoms with Crippen molar-refractivity contribution in [3.63, 3.8) is 0 Å². The monoisotopic (exact) mass is 496 g/mol. The first kappa shape index (κ1) is 24.1. The predicted octanol–water partition coefficient (Wildman–Crippen LogP) is 4.51. The van der Waals surface area contributed by atoms with Gasteiger partial charge in [0.15, 0.2) is 0 Å². The second-order valence-electron chi connectivity index (χ2n) is 9.77. The van der Waals surface area contributed by atoms with Gasteiger partial charge in [0.2, 0.25) is 5.91 Å². The van der Waals surface area contributed by atoms with E-state index in [9.17, 15) is 4.79 Å². The van der Waals surface area contributed by atoms with Gasteiger partial charge in [-0.3, -0.25) is 9.69 Å². The van der Waals surface area contributed by atoms with Gasteiger partial charge in [-0.2, -0.15) is 0 Å². The second-order valence-corrected chi connectivity index (χ2v) is 10.2. The number of fused-ring (bicyclic) bond motifs is 3. The molecule has 35 heavy (non-hydrogen) atoms. The van der Waals surface area contributed by atoms with Crippen LogP contribution in [0.4, 0.5) is 0 Å². The van der Waals surface area contributed by atoms with E-state index >= 15 is 0 Å². The molecule has 2 aliphatic heterocycles. The number of hydrogen-bond acceptors (Lipinski definition) is 5. The maximum absolute atomic E-state index is 12.6. The quantitative estimate of drug-likeness (QED) is 0.441. The number of carbonyl (C=O) groups excluding carboxylic acids is 1. The van der Waals surface area contributed by atoms with Crippen molar-refractivity contribution in [3.8, 4) is 17.1 Å². The number of carbonyl (C=O) groups is 1. The van der Waals surface area contributed by atoms with Crippen LogP contribution < -0.4 is 10.1 Å². The van der Waals surface area contributed by atoms with Crippen LogP contribution in [0.3, 0.4) is 0 Å². The lowest BCUT2D eigenvalue weighted by Crippen LogP contribution is -2.46. The molecule has 1 aromatic heterocycles. The summed E-state index contributed by atoms with van der Waals surface area (Å²) in [5, 5.41) is 3.60. The fourth-order valence-corrected chi connectivity index (χ4v) is 5.42. The standard InChI is InChI=1S/C27H33ClN4O3/c1-18(2)29-26(33)15-32-25-10-9-23(14-24(25)30-27(32)19-5-3-6-20(28)13-19)35-12-4-11-31-21-7-8-22(31)17-34-16-21/h3,5-6,9-10,13-14,18,21-22H,4,7-8,11-12,15-17H2,1-2H3,(H,29,33)/t21-,22+. The van der Waals surface area contributed by atoms with Crippen molar-refractivity contribution in [2.75, 3.05) is 26.4 Å². The number of aromatic nitrogens is 2. The molecular weight excluding hydrogens is 464 g/mol. The highest BCUT2D eigenvalue weighted by Gasteiger charge is 2.36. The van der Waals surface area contributed by atoms with Crippen LogP contribution in [0.1, 0.15) is 33.1 Å². The van der Waals surface area contributed by atoms with Crippen molar-refractivity contribution in [2.45, 2.75) is 57.8 Å². The molecule has 0 aliphatic carbocycles. The summed E-state index contributed by atoms with van der Waals surface area (Å²) in [6, 6.07) is 14.7. The normalized spacial score (nSPS) is 20.0. The summed E-state index contributed by atoms with van der Waals surface area (Å²) < 4.78 is 13.7. The molecule has 0 unspecified atom stereocenters. The summed E-state index contributed by atoms with van der Waals surface area (Å²) in [5.74, 6) is 1.44. The Morgan fingerprint density at radius 2 is 2.00 bits per heavy atom. The van der Waals surface area contributed by atoms with E-state index in [0.717, 1.165) is 48.5 Å². The van der Waals surface area contributed by atoms with Gasteiger partial charge < -0.3 is 19.4 Å². The van der Waals surface area contributed by atoms with Crippen LogP contribution in [0.2, 0.25) is 5.02 Å². The van der Waals surface area contributed by atoms with Crippen molar-refractivity contribution < 1.29 is 14.3 Å². The van der Waals surface area contributed by atoms with Crippen LogP contribution in [0.5, 0.6) is 5.75 Å². The number of amides is 1. The van der Waals surface area contributed by atoms with Crippen molar-refractivity contribution in [1.29, 1.82) is 0 Å². The Hall–Kier alpha value is -2.61. The van der Waals surface area contributed by atoms with Crippen LogP contribution in [0, 0.1) is 0 Å². The Morgan fingerprint density at radius 1 is 1.20 bits per heavy atom. The molecule has 1 amide bonds. The van der Waals surface area contributed by atoms with Gasteiger partial charge in [-0.05, 0) is 57.4 Å². The molecular formula is C27H33ClN4O3. The summed E-state index contributed by atoms with van der Waals surface area (Å²) in [5.41, 5.74) is 2.55. The zero-order valence-electron chi connectivity index (χ0n) is 20.4. The molecule has 7 nitrogen and oxygen atoms in total. The molecule has 2 aliphatic rings. The summed E-state index contributed by atoms with van der Waals surface area (Å²) >= 11 is 6.25. The summed E-state index contributed by atoms with van der Waals surface area (Å²) in [6.07, 6.45) is 3.46. The van der Waals surface area contributed by atoms with Gasteiger partial charge in [0.05, 0.1) is 30.9 Å². The van der Waals surface area contributed by atoms with Crippen LogP contribution in [0.15, 0.2) is 42.5 Å². The molecule has 0 spiro atoms. The summed E-state index contributed by atoms with van der Waals surface area (Å²) in [4.78, 5) is 20.1. The van der Waals surface area contributed by atoms with Crippen molar-refractivity contribution in [3.05, 3.63) is 47.5 Å². The Bertz CT molecular complexity index is 1180. The number of hydrogen-bond donors (Lipinski definition) is 1. The van der Waals surface area contributed by atoms with Crippen LogP contribution in [-0.4, -0.2) is 64.8 Å². The van der Waals surface area contributed by atoms with Crippen molar-refractivity contribution >= 4 is 28.5 Å². The molecule has 2 aromatic carbocycles. The van der Waals surface area contributed by atoms with Crippen LogP contribution in [-0.2, 0) is 16.1 Å². The van der Waals surface area contributed by atoms with E-state index in [1.165, 1.54) is 12.8 Å². The van der Waals surface area contributed by atoms with Gasteiger partial charge in [0, 0.05) is 41.3 Å². The number of rotatable bonds is 9. The van der Waals surface area contributed by atoms with Crippen LogP contribution >= 0.6 is 11.6 Å². The average Bonchev–Trinajstić information content (AvgIpc) is 3.27. The number of halogens is 1. The number of nitrogens with zero attached hydrogens (tertiary/aromatic N) is 3. The number of morpholine rings is 1. The minimum atomic E-state index is -0.0556. The van der Waals surface area contributed by atoms with Crippen LogP contribution in [0.25, 0.3) is 22.4 Å². The molecule has 3 aromatic rings. The molecule has 2 atom stereocenters. The second kappa shape index (κ2) is 10.6. The van der Waals surface area contributed by atoms with Gasteiger partial charge >= 0.3 is 0 Å². The average molecular weight is 497 g/mol. The molecule has 2 bridgehead atoms. The van der Waals surface area contributed by atoms with Gasteiger partial charge in [0.1, 0.15) is 18.1 Å². The predicted molar refractivity (Wildman–Crippen MR) is 138 cm³/mol. The third-order valence-electron chi connectivity index (χ3n) is 6.77. The minimum absolute atomic E-state index is 0.0556. The Kier molecular flexibility index (Phi) is 7.27. The highest BCUT2D eigenvalue weighted by atomic mass is 35.5.